The number of carbonyl (C=O) groups excluding carboxylic acids is 1. The van der Waals surface area contributed by atoms with E-state index in [4.69, 9.17) is 4.42 Å². The lowest BCUT2D eigenvalue weighted by Crippen LogP contribution is -1.98. The standard InChI is InChI=1S/C6H7NO3/c1-4-7-3-5(10-4)6(8)9-2/h3H,1-2H3. The van der Waals surface area contributed by atoms with Crippen molar-refractivity contribution in [3.05, 3.63) is 17.8 Å². The van der Waals surface area contributed by atoms with Gasteiger partial charge in [-0.25, -0.2) is 9.78 Å². The van der Waals surface area contributed by atoms with Gasteiger partial charge in [-0.2, -0.15) is 0 Å². The van der Waals surface area contributed by atoms with Gasteiger partial charge in [-0.3, -0.25) is 0 Å². The lowest BCUT2D eigenvalue weighted by atomic mass is 10.5. The van der Waals surface area contributed by atoms with E-state index in [1.54, 1.807) is 6.92 Å². The molecule has 0 aliphatic heterocycles. The molecular weight excluding hydrogens is 134 g/mol. The second kappa shape index (κ2) is 2.51. The van der Waals surface area contributed by atoms with Crippen LogP contribution in [0.4, 0.5) is 0 Å². The van der Waals surface area contributed by atoms with Crippen LogP contribution >= 0.6 is 0 Å². The Hall–Kier alpha value is -1.32. The average Bonchev–Trinajstić information content (AvgIpc) is 2.34. The summed E-state index contributed by atoms with van der Waals surface area (Å²) >= 11 is 0. The van der Waals surface area contributed by atoms with Crippen molar-refractivity contribution in [2.45, 2.75) is 6.92 Å². The van der Waals surface area contributed by atoms with Crippen LogP contribution in [0.1, 0.15) is 16.4 Å². The summed E-state index contributed by atoms with van der Waals surface area (Å²) in [5.41, 5.74) is 0. The number of hydrogen-bond donors (Lipinski definition) is 0. The summed E-state index contributed by atoms with van der Waals surface area (Å²) in [7, 11) is 1.29. The van der Waals surface area contributed by atoms with Crippen LogP contribution < -0.4 is 0 Å². The van der Waals surface area contributed by atoms with Gasteiger partial charge in [0.05, 0.1) is 13.3 Å². The maximum Gasteiger partial charge on any atom is 0.375 e. The molecule has 4 heteroatoms. The zero-order valence-corrected chi connectivity index (χ0v) is 5.75. The van der Waals surface area contributed by atoms with E-state index in [2.05, 4.69) is 9.72 Å². The Morgan fingerprint density at radius 1 is 1.80 bits per heavy atom. The monoisotopic (exact) mass is 141 g/mol. The lowest BCUT2D eigenvalue weighted by Gasteiger charge is -1.89. The Labute approximate surface area is 57.8 Å². The minimum absolute atomic E-state index is 0.139. The first kappa shape index (κ1) is 6.80. The number of oxazole rings is 1. The number of aryl methyl sites for hydroxylation is 1. The molecule has 4 nitrogen and oxygen atoms in total. The molecule has 0 saturated heterocycles. The van der Waals surface area contributed by atoms with Gasteiger partial charge in [0.25, 0.3) is 0 Å². The highest BCUT2D eigenvalue weighted by Gasteiger charge is 2.09. The van der Waals surface area contributed by atoms with E-state index in [9.17, 15) is 4.79 Å². The van der Waals surface area contributed by atoms with Gasteiger partial charge in [0.1, 0.15) is 0 Å². The molecule has 0 spiro atoms. The normalized spacial score (nSPS) is 9.40. The number of methoxy groups -OCH3 is 1. The number of rotatable bonds is 1. The summed E-state index contributed by atoms with van der Waals surface area (Å²) in [5, 5.41) is 0. The smallest absolute Gasteiger partial charge is 0.375 e. The number of esters is 1. The summed E-state index contributed by atoms with van der Waals surface area (Å²) in [4.78, 5) is 14.4. The highest BCUT2D eigenvalue weighted by atomic mass is 16.5. The summed E-state index contributed by atoms with van der Waals surface area (Å²) in [6, 6.07) is 0. The molecular formula is C6H7NO3. The Morgan fingerprint density at radius 3 is 2.90 bits per heavy atom. The second-order valence-electron chi connectivity index (χ2n) is 1.74. The Morgan fingerprint density at radius 2 is 2.50 bits per heavy atom. The predicted octanol–water partition coefficient (Wildman–Crippen LogP) is 0.770. The number of carbonyl (C=O) groups is 1. The summed E-state index contributed by atoms with van der Waals surface area (Å²) in [5.74, 6) is 0.0981. The maximum atomic E-state index is 10.7. The van der Waals surface area contributed by atoms with Crippen molar-refractivity contribution in [3.63, 3.8) is 0 Å². The van der Waals surface area contributed by atoms with Crippen molar-refractivity contribution in [2.24, 2.45) is 0 Å². The Bertz CT molecular complexity index is 241. The average molecular weight is 141 g/mol. The van der Waals surface area contributed by atoms with E-state index < -0.39 is 5.97 Å². The van der Waals surface area contributed by atoms with Crippen LogP contribution in [0.25, 0.3) is 0 Å². The molecule has 0 unspecified atom stereocenters. The highest BCUT2D eigenvalue weighted by molar-refractivity contribution is 5.85. The Kier molecular flexibility index (Phi) is 1.71. The van der Waals surface area contributed by atoms with Crippen LogP contribution in [0.5, 0.6) is 0 Å². The summed E-state index contributed by atoms with van der Waals surface area (Å²) in [6.45, 7) is 1.66. The fraction of sp³-hybridized carbons (Fsp3) is 0.333. The summed E-state index contributed by atoms with van der Waals surface area (Å²) < 4.78 is 9.23. The first-order valence-corrected chi connectivity index (χ1v) is 2.75. The fourth-order valence-corrected chi connectivity index (χ4v) is 0.556. The van der Waals surface area contributed by atoms with Crippen molar-refractivity contribution in [1.82, 2.24) is 4.98 Å². The van der Waals surface area contributed by atoms with Crippen molar-refractivity contribution in [2.75, 3.05) is 7.11 Å². The van der Waals surface area contributed by atoms with Gasteiger partial charge in [-0.15, -0.1) is 0 Å². The van der Waals surface area contributed by atoms with Crippen LogP contribution in [0.2, 0.25) is 0 Å². The molecule has 0 radical (unpaired) electrons. The summed E-state index contributed by atoms with van der Waals surface area (Å²) in [6.07, 6.45) is 1.33. The van der Waals surface area contributed by atoms with E-state index in [0.29, 0.717) is 5.89 Å². The minimum Gasteiger partial charge on any atom is -0.463 e. The Balaban J connectivity index is 2.85. The molecule has 0 bridgehead atoms. The molecule has 0 aromatic carbocycles. The van der Waals surface area contributed by atoms with Crippen LogP contribution in [0, 0.1) is 6.92 Å². The van der Waals surface area contributed by atoms with Gasteiger partial charge in [0, 0.05) is 6.92 Å². The molecule has 1 rings (SSSR count). The van der Waals surface area contributed by atoms with Crippen molar-refractivity contribution >= 4 is 5.97 Å². The molecule has 54 valence electrons. The van der Waals surface area contributed by atoms with Crippen molar-refractivity contribution in [1.29, 1.82) is 0 Å². The molecule has 0 atom stereocenters. The predicted molar refractivity (Wildman–Crippen MR) is 32.6 cm³/mol. The molecule has 0 N–H and O–H groups in total. The van der Waals surface area contributed by atoms with Gasteiger partial charge in [0.15, 0.2) is 5.89 Å². The van der Waals surface area contributed by atoms with Crippen LogP contribution in [0.15, 0.2) is 10.6 Å². The molecule has 0 amide bonds. The van der Waals surface area contributed by atoms with Crippen LogP contribution in [0.3, 0.4) is 0 Å². The highest BCUT2D eigenvalue weighted by Crippen LogP contribution is 2.02. The molecule has 0 aliphatic carbocycles. The fourth-order valence-electron chi connectivity index (χ4n) is 0.556. The first-order valence-electron chi connectivity index (χ1n) is 2.75. The van der Waals surface area contributed by atoms with Gasteiger partial charge < -0.3 is 9.15 Å². The lowest BCUT2D eigenvalue weighted by molar-refractivity contribution is 0.0563. The van der Waals surface area contributed by atoms with Crippen molar-refractivity contribution in [3.8, 4) is 0 Å². The number of hydrogen-bond acceptors (Lipinski definition) is 4. The molecule has 1 heterocycles. The van der Waals surface area contributed by atoms with E-state index in [1.165, 1.54) is 13.3 Å². The van der Waals surface area contributed by atoms with E-state index in [-0.39, 0.29) is 5.76 Å². The SMILES string of the molecule is COC(=O)c1cnc(C)o1. The molecule has 0 fully saturated rings. The zero-order valence-electron chi connectivity index (χ0n) is 5.75. The number of nitrogens with zero attached hydrogens (tertiary/aromatic N) is 1. The quantitative estimate of drug-likeness (QED) is 0.542. The third-order valence-corrected chi connectivity index (χ3v) is 1.01. The number of aromatic nitrogens is 1. The van der Waals surface area contributed by atoms with Crippen LogP contribution in [-0.2, 0) is 4.74 Å². The molecule has 0 aliphatic rings. The van der Waals surface area contributed by atoms with Crippen LogP contribution in [-0.4, -0.2) is 18.1 Å². The largest absolute Gasteiger partial charge is 0.463 e. The van der Waals surface area contributed by atoms with E-state index >= 15 is 0 Å². The van der Waals surface area contributed by atoms with Gasteiger partial charge >= 0.3 is 5.97 Å². The second-order valence-corrected chi connectivity index (χ2v) is 1.74. The molecule has 1 aromatic heterocycles. The van der Waals surface area contributed by atoms with Gasteiger partial charge in [-0.1, -0.05) is 0 Å². The van der Waals surface area contributed by atoms with Crippen molar-refractivity contribution < 1.29 is 13.9 Å². The topological polar surface area (TPSA) is 52.3 Å². The van der Waals surface area contributed by atoms with Gasteiger partial charge in [-0.05, 0) is 0 Å². The molecule has 10 heavy (non-hydrogen) atoms. The number of ether oxygens (including phenoxy) is 1. The van der Waals surface area contributed by atoms with E-state index in [0.717, 1.165) is 0 Å². The first-order chi connectivity index (χ1) is 4.74. The minimum atomic E-state index is -0.499. The third kappa shape index (κ3) is 1.15. The third-order valence-electron chi connectivity index (χ3n) is 1.01. The maximum absolute atomic E-state index is 10.7. The zero-order chi connectivity index (χ0) is 7.56. The van der Waals surface area contributed by atoms with Gasteiger partial charge in [0.2, 0.25) is 5.76 Å². The van der Waals surface area contributed by atoms with E-state index in [1.807, 2.05) is 0 Å². The molecule has 1 aromatic rings. The molecule has 0 saturated carbocycles.